The molecular weight excluding hydrogens is 496 g/mol. The molecule has 4 nitrogen and oxygen atoms in total. The molecule has 0 radical (unpaired) electrons. The summed E-state index contributed by atoms with van der Waals surface area (Å²) in [5.74, 6) is -1.98. The standard InChI is InChI=1S/C36H66O4/c1-3-5-6-7-8-9-10-11-12-13-14-15-16-17-18-19-20-21-22-23-24-25-26-27-28-29-30-31-34(33-35(37)38)36(39)40-32-4-2/h4,28-29,34H,2-3,5-27,30-33H2,1H3,(H,37,38)/b29-28+. The monoisotopic (exact) mass is 562 g/mol. The highest BCUT2D eigenvalue weighted by atomic mass is 16.5. The van der Waals surface area contributed by atoms with Crippen LogP contribution >= 0.6 is 0 Å². The number of carbonyl (C=O) groups excluding carboxylic acids is 1. The summed E-state index contributed by atoms with van der Waals surface area (Å²) in [6.45, 7) is 5.94. The Morgan fingerprint density at radius 2 is 1.00 bits per heavy atom. The fourth-order valence-corrected chi connectivity index (χ4v) is 5.35. The SMILES string of the molecule is C=CCOC(=O)C(CC/C=C/CCCCCCCCCCCCCCCCCCCCCCCCC)CC(=O)O. The molecule has 1 N–H and O–H groups in total. The van der Waals surface area contributed by atoms with E-state index in [0.717, 1.165) is 6.42 Å². The van der Waals surface area contributed by atoms with Gasteiger partial charge in [-0.15, -0.1) is 0 Å². The third-order valence-corrected chi connectivity index (χ3v) is 7.92. The van der Waals surface area contributed by atoms with Crippen molar-refractivity contribution in [1.82, 2.24) is 0 Å². The number of allylic oxidation sites excluding steroid dienone is 2. The van der Waals surface area contributed by atoms with Crippen molar-refractivity contribution in [3.8, 4) is 0 Å². The molecule has 0 aliphatic heterocycles. The van der Waals surface area contributed by atoms with Crippen LogP contribution in [0.1, 0.15) is 180 Å². The maximum atomic E-state index is 12.0. The minimum absolute atomic E-state index is 0.129. The van der Waals surface area contributed by atoms with Crippen molar-refractivity contribution >= 4 is 11.9 Å². The van der Waals surface area contributed by atoms with Crippen LogP contribution in [0.25, 0.3) is 0 Å². The summed E-state index contributed by atoms with van der Waals surface area (Å²) >= 11 is 0. The normalized spacial score (nSPS) is 12.1. The molecule has 0 fully saturated rings. The van der Waals surface area contributed by atoms with Gasteiger partial charge in [-0.1, -0.05) is 173 Å². The second-order valence-electron chi connectivity index (χ2n) is 11.8. The van der Waals surface area contributed by atoms with E-state index >= 15 is 0 Å². The van der Waals surface area contributed by atoms with E-state index in [1.807, 2.05) is 0 Å². The topological polar surface area (TPSA) is 63.6 Å². The van der Waals surface area contributed by atoms with Crippen LogP contribution in [0.2, 0.25) is 0 Å². The molecule has 0 aliphatic carbocycles. The number of rotatable bonds is 32. The minimum atomic E-state index is -0.963. The molecule has 0 saturated heterocycles. The smallest absolute Gasteiger partial charge is 0.309 e. The molecule has 1 unspecified atom stereocenters. The number of esters is 1. The van der Waals surface area contributed by atoms with E-state index in [4.69, 9.17) is 9.84 Å². The molecule has 0 saturated carbocycles. The van der Waals surface area contributed by atoms with Gasteiger partial charge in [0.25, 0.3) is 0 Å². The third-order valence-electron chi connectivity index (χ3n) is 7.92. The van der Waals surface area contributed by atoms with E-state index in [9.17, 15) is 9.59 Å². The van der Waals surface area contributed by atoms with Gasteiger partial charge in [0.1, 0.15) is 6.61 Å². The Morgan fingerprint density at radius 1 is 0.625 bits per heavy atom. The van der Waals surface area contributed by atoms with Crippen LogP contribution in [0.5, 0.6) is 0 Å². The maximum Gasteiger partial charge on any atom is 0.309 e. The maximum absolute atomic E-state index is 12.0. The molecule has 0 aromatic rings. The first-order chi connectivity index (χ1) is 19.6. The highest BCUT2D eigenvalue weighted by molar-refractivity contribution is 5.79. The second kappa shape index (κ2) is 31.9. The molecule has 1 atom stereocenters. The summed E-state index contributed by atoms with van der Waals surface area (Å²) in [7, 11) is 0. The third kappa shape index (κ3) is 29.4. The summed E-state index contributed by atoms with van der Waals surface area (Å²) in [5.41, 5.74) is 0. The van der Waals surface area contributed by atoms with Crippen molar-refractivity contribution in [1.29, 1.82) is 0 Å². The number of hydrogen-bond acceptors (Lipinski definition) is 3. The highest BCUT2D eigenvalue weighted by Crippen LogP contribution is 2.17. The van der Waals surface area contributed by atoms with Gasteiger partial charge in [0.05, 0.1) is 12.3 Å². The Morgan fingerprint density at radius 3 is 1.38 bits per heavy atom. The van der Waals surface area contributed by atoms with Gasteiger partial charge in [-0.05, 0) is 25.7 Å². The first kappa shape index (κ1) is 38.4. The first-order valence-electron chi connectivity index (χ1n) is 17.3. The highest BCUT2D eigenvalue weighted by Gasteiger charge is 2.22. The molecule has 0 bridgehead atoms. The number of carboxylic acid groups (broad SMARTS) is 1. The van der Waals surface area contributed by atoms with E-state index < -0.39 is 17.9 Å². The molecular formula is C36H66O4. The van der Waals surface area contributed by atoms with Gasteiger partial charge >= 0.3 is 11.9 Å². The first-order valence-corrected chi connectivity index (χ1v) is 17.3. The Kier molecular flexibility index (Phi) is 30.7. The van der Waals surface area contributed by atoms with Gasteiger partial charge < -0.3 is 9.84 Å². The number of hydrogen-bond donors (Lipinski definition) is 1. The number of unbranched alkanes of at least 4 members (excludes halogenated alkanes) is 23. The van der Waals surface area contributed by atoms with Crippen molar-refractivity contribution in [2.75, 3.05) is 6.61 Å². The summed E-state index contributed by atoms with van der Waals surface area (Å²) < 4.78 is 5.02. The van der Waals surface area contributed by atoms with Crippen molar-refractivity contribution in [2.24, 2.45) is 5.92 Å². The predicted molar refractivity (Wildman–Crippen MR) is 172 cm³/mol. The average Bonchev–Trinajstić information content (AvgIpc) is 2.94. The number of ether oxygens (including phenoxy) is 1. The molecule has 0 aliphatic rings. The lowest BCUT2D eigenvalue weighted by Crippen LogP contribution is -2.21. The zero-order chi connectivity index (χ0) is 29.4. The molecule has 0 heterocycles. The molecule has 0 aromatic heterocycles. The fraction of sp³-hybridized carbons (Fsp3) is 0.833. The minimum Gasteiger partial charge on any atom is -0.481 e. The lowest BCUT2D eigenvalue weighted by atomic mass is 9.99. The summed E-state index contributed by atoms with van der Waals surface area (Å²) in [5, 5.41) is 9.01. The summed E-state index contributed by atoms with van der Waals surface area (Å²) in [4.78, 5) is 23.0. The van der Waals surface area contributed by atoms with Gasteiger partial charge in [0, 0.05) is 0 Å². The van der Waals surface area contributed by atoms with Crippen LogP contribution in [-0.4, -0.2) is 23.7 Å². The molecule has 234 valence electrons. The van der Waals surface area contributed by atoms with Gasteiger partial charge in [0.15, 0.2) is 0 Å². The Bertz CT molecular complexity index is 598. The molecule has 0 spiro atoms. The number of aliphatic carboxylic acids is 1. The van der Waals surface area contributed by atoms with E-state index in [2.05, 4.69) is 25.7 Å². The Balaban J connectivity index is 3.35. The van der Waals surface area contributed by atoms with Crippen LogP contribution in [0.3, 0.4) is 0 Å². The lowest BCUT2D eigenvalue weighted by Gasteiger charge is -2.12. The van der Waals surface area contributed by atoms with Crippen LogP contribution < -0.4 is 0 Å². The lowest BCUT2D eigenvalue weighted by molar-refractivity contribution is -0.152. The molecule has 0 rings (SSSR count). The van der Waals surface area contributed by atoms with E-state index in [1.54, 1.807) is 0 Å². The Labute approximate surface area is 248 Å². The van der Waals surface area contributed by atoms with Crippen molar-refractivity contribution < 1.29 is 19.4 Å². The molecule has 40 heavy (non-hydrogen) atoms. The summed E-state index contributed by atoms with van der Waals surface area (Å²) in [6, 6.07) is 0. The molecule has 0 aromatic carbocycles. The average molecular weight is 563 g/mol. The van der Waals surface area contributed by atoms with Crippen molar-refractivity contribution in [3.05, 3.63) is 24.8 Å². The van der Waals surface area contributed by atoms with E-state index in [-0.39, 0.29) is 13.0 Å². The number of carbonyl (C=O) groups is 2. The fourth-order valence-electron chi connectivity index (χ4n) is 5.35. The molecule has 4 heteroatoms. The van der Waals surface area contributed by atoms with E-state index in [0.29, 0.717) is 12.8 Å². The Hall–Kier alpha value is -1.58. The van der Waals surface area contributed by atoms with Crippen LogP contribution in [0.4, 0.5) is 0 Å². The molecule has 0 amide bonds. The number of carboxylic acids is 1. The van der Waals surface area contributed by atoms with Crippen molar-refractivity contribution in [2.45, 2.75) is 180 Å². The van der Waals surface area contributed by atoms with Crippen LogP contribution in [-0.2, 0) is 14.3 Å². The van der Waals surface area contributed by atoms with Gasteiger partial charge in [0.2, 0.25) is 0 Å². The largest absolute Gasteiger partial charge is 0.481 e. The zero-order valence-corrected chi connectivity index (χ0v) is 26.5. The van der Waals surface area contributed by atoms with E-state index in [1.165, 1.54) is 154 Å². The van der Waals surface area contributed by atoms with Crippen LogP contribution in [0, 0.1) is 5.92 Å². The summed E-state index contributed by atoms with van der Waals surface area (Å²) in [6.07, 6.45) is 40.2. The van der Waals surface area contributed by atoms with Crippen molar-refractivity contribution in [3.63, 3.8) is 0 Å². The van der Waals surface area contributed by atoms with Gasteiger partial charge in [-0.2, -0.15) is 0 Å². The second-order valence-corrected chi connectivity index (χ2v) is 11.8. The predicted octanol–water partition coefficient (Wildman–Crippen LogP) is 11.5. The van der Waals surface area contributed by atoms with Gasteiger partial charge in [-0.25, -0.2) is 0 Å². The van der Waals surface area contributed by atoms with Crippen LogP contribution in [0.15, 0.2) is 24.8 Å². The van der Waals surface area contributed by atoms with Gasteiger partial charge in [-0.3, -0.25) is 9.59 Å². The quantitative estimate of drug-likeness (QED) is 0.0503. The zero-order valence-electron chi connectivity index (χ0n) is 26.5.